The summed E-state index contributed by atoms with van der Waals surface area (Å²) in [4.78, 5) is 0. The Hall–Kier alpha value is -2.05. The zero-order chi connectivity index (χ0) is 21.2. The van der Waals surface area contributed by atoms with E-state index in [1.165, 1.54) is 0 Å². The molecular formula is C24H36O2Si2. The molecule has 0 unspecified atom stereocenters. The molecule has 0 atom stereocenters. The predicted octanol–water partition coefficient (Wildman–Crippen LogP) is 7.80. The van der Waals surface area contributed by atoms with Crippen LogP contribution in [0.15, 0.2) is 72.8 Å². The quantitative estimate of drug-likeness (QED) is 0.356. The van der Waals surface area contributed by atoms with E-state index in [2.05, 4.69) is 63.5 Å². The van der Waals surface area contributed by atoms with Gasteiger partial charge in [-0.3, -0.25) is 0 Å². The van der Waals surface area contributed by atoms with Crippen molar-refractivity contribution < 1.29 is 8.85 Å². The second-order valence-electron chi connectivity index (χ2n) is 8.47. The van der Waals surface area contributed by atoms with Gasteiger partial charge in [-0.2, -0.15) is 0 Å². The highest BCUT2D eigenvalue weighted by Crippen LogP contribution is 2.21. The van der Waals surface area contributed by atoms with Crippen LogP contribution >= 0.6 is 0 Å². The summed E-state index contributed by atoms with van der Waals surface area (Å²) in [5.74, 6) is 2.01. The highest BCUT2D eigenvalue weighted by Gasteiger charge is 2.18. The fraction of sp³-hybridized carbons (Fsp3) is 0.333. The van der Waals surface area contributed by atoms with E-state index < -0.39 is 16.6 Å². The lowest BCUT2D eigenvalue weighted by Gasteiger charge is -2.21. The first kappa shape index (κ1) is 24.0. The fourth-order valence-corrected chi connectivity index (χ4v) is 4.22. The van der Waals surface area contributed by atoms with Crippen LogP contribution in [0.3, 0.4) is 0 Å². The van der Waals surface area contributed by atoms with Gasteiger partial charge in [0, 0.05) is 11.1 Å². The minimum atomic E-state index is -1.49. The normalized spacial score (nSPS) is 12.7. The maximum absolute atomic E-state index is 5.97. The molecule has 0 spiro atoms. The number of rotatable bonds is 6. The Labute approximate surface area is 174 Å². The highest BCUT2D eigenvalue weighted by molar-refractivity contribution is 6.70. The summed E-state index contributed by atoms with van der Waals surface area (Å²) in [6.45, 7) is 17.2. The third-order valence-corrected chi connectivity index (χ3v) is 5.14. The second kappa shape index (κ2) is 11.1. The van der Waals surface area contributed by atoms with E-state index in [9.17, 15) is 0 Å². The molecule has 152 valence electrons. The molecule has 0 fully saturated rings. The van der Waals surface area contributed by atoms with Crippen LogP contribution in [0.2, 0.25) is 39.3 Å². The smallest absolute Gasteiger partial charge is 0.242 e. The zero-order valence-electron chi connectivity index (χ0n) is 18.7. The van der Waals surface area contributed by atoms with E-state index in [0.29, 0.717) is 0 Å². The average Bonchev–Trinajstić information content (AvgIpc) is 2.65. The van der Waals surface area contributed by atoms with Crippen LogP contribution in [0.5, 0.6) is 0 Å². The third kappa shape index (κ3) is 9.76. The molecule has 0 saturated heterocycles. The van der Waals surface area contributed by atoms with Crippen LogP contribution in [0.1, 0.15) is 25.0 Å². The lowest BCUT2D eigenvalue weighted by Crippen LogP contribution is -2.24. The van der Waals surface area contributed by atoms with Crippen molar-refractivity contribution in [3.8, 4) is 0 Å². The molecule has 0 radical (unpaired) electrons. The Morgan fingerprint density at radius 3 is 1.07 bits per heavy atom. The van der Waals surface area contributed by atoms with Crippen molar-refractivity contribution >= 4 is 28.2 Å². The van der Waals surface area contributed by atoms with E-state index >= 15 is 0 Å². The monoisotopic (exact) mass is 412 g/mol. The van der Waals surface area contributed by atoms with Gasteiger partial charge in [-0.15, -0.1) is 0 Å². The third-order valence-electron chi connectivity index (χ3n) is 3.47. The van der Waals surface area contributed by atoms with E-state index in [1.807, 2.05) is 62.4 Å². The first-order valence-electron chi connectivity index (χ1n) is 9.87. The van der Waals surface area contributed by atoms with Crippen molar-refractivity contribution in [2.45, 2.75) is 53.1 Å². The first-order valence-corrected chi connectivity index (χ1v) is 16.7. The van der Waals surface area contributed by atoms with Crippen LogP contribution in [0.25, 0.3) is 11.5 Å². The van der Waals surface area contributed by atoms with Crippen LogP contribution in [-0.2, 0) is 8.85 Å². The van der Waals surface area contributed by atoms with Crippen LogP contribution < -0.4 is 0 Å². The van der Waals surface area contributed by atoms with Gasteiger partial charge in [-0.1, -0.05) is 60.7 Å². The fourth-order valence-electron chi connectivity index (χ4n) is 2.43. The Morgan fingerprint density at radius 1 is 0.571 bits per heavy atom. The molecule has 2 nitrogen and oxygen atoms in total. The van der Waals surface area contributed by atoms with Gasteiger partial charge in [0.1, 0.15) is 11.5 Å². The molecule has 0 aliphatic rings. The largest absolute Gasteiger partial charge is 0.544 e. The Bertz CT molecular complexity index is 685. The number of hydrogen-bond donors (Lipinski definition) is 0. The number of benzene rings is 2. The molecule has 2 rings (SSSR count). The summed E-state index contributed by atoms with van der Waals surface area (Å²) >= 11 is 0. The van der Waals surface area contributed by atoms with Crippen molar-refractivity contribution in [2.24, 2.45) is 0 Å². The molecule has 0 amide bonds. The van der Waals surface area contributed by atoms with Crippen molar-refractivity contribution in [3.05, 3.63) is 83.9 Å². The number of allylic oxidation sites excluding steroid dienone is 2. The molecule has 2 aromatic carbocycles. The summed E-state index contributed by atoms with van der Waals surface area (Å²) in [6, 6.07) is 20.5. The molecule has 0 saturated carbocycles. The molecule has 4 heteroatoms. The van der Waals surface area contributed by atoms with Gasteiger partial charge in [0.2, 0.25) is 16.6 Å². The zero-order valence-corrected chi connectivity index (χ0v) is 20.7. The lowest BCUT2D eigenvalue weighted by molar-refractivity contribution is 0.513. The van der Waals surface area contributed by atoms with Crippen LogP contribution in [0.4, 0.5) is 0 Å². The summed E-state index contributed by atoms with van der Waals surface area (Å²) in [5, 5.41) is 0. The van der Waals surface area contributed by atoms with Crippen molar-refractivity contribution in [3.63, 3.8) is 0 Å². The van der Waals surface area contributed by atoms with E-state index in [0.717, 1.165) is 22.6 Å². The van der Waals surface area contributed by atoms with E-state index in [-0.39, 0.29) is 0 Å². The van der Waals surface area contributed by atoms with Gasteiger partial charge in [0.05, 0.1) is 0 Å². The molecule has 0 aliphatic carbocycles. The van der Waals surface area contributed by atoms with Crippen LogP contribution in [-0.4, -0.2) is 16.6 Å². The second-order valence-corrected chi connectivity index (χ2v) is 17.3. The molecule has 28 heavy (non-hydrogen) atoms. The first-order chi connectivity index (χ1) is 13.1. The van der Waals surface area contributed by atoms with Crippen molar-refractivity contribution in [1.29, 1.82) is 0 Å². The van der Waals surface area contributed by atoms with Gasteiger partial charge < -0.3 is 8.85 Å². The van der Waals surface area contributed by atoms with Gasteiger partial charge in [0.25, 0.3) is 0 Å². The molecule has 2 aromatic rings. The highest BCUT2D eigenvalue weighted by atomic mass is 28.4. The molecule has 0 bridgehead atoms. The Balaban J connectivity index is 0.000000280. The lowest BCUT2D eigenvalue weighted by atomic mass is 10.2. The maximum atomic E-state index is 5.97. The van der Waals surface area contributed by atoms with E-state index in [4.69, 9.17) is 8.85 Å². The molecule has 0 heterocycles. The van der Waals surface area contributed by atoms with Crippen molar-refractivity contribution in [2.75, 3.05) is 0 Å². The summed E-state index contributed by atoms with van der Waals surface area (Å²) in [5.41, 5.74) is 2.33. The van der Waals surface area contributed by atoms with Gasteiger partial charge in [-0.25, -0.2) is 0 Å². The Morgan fingerprint density at radius 2 is 0.857 bits per heavy atom. The summed E-state index contributed by atoms with van der Waals surface area (Å²) in [6.07, 6.45) is 4.07. The minimum absolute atomic E-state index is 1.00. The number of hydrogen-bond acceptors (Lipinski definition) is 2. The topological polar surface area (TPSA) is 18.5 Å². The van der Waals surface area contributed by atoms with Crippen molar-refractivity contribution in [1.82, 2.24) is 0 Å². The molecule has 0 aromatic heterocycles. The predicted molar refractivity (Wildman–Crippen MR) is 129 cm³/mol. The van der Waals surface area contributed by atoms with Gasteiger partial charge >= 0.3 is 0 Å². The summed E-state index contributed by atoms with van der Waals surface area (Å²) in [7, 11) is -2.98. The minimum Gasteiger partial charge on any atom is -0.544 e. The standard InChI is InChI=1S/2C12H18OSi/c2*1-5-12(13-14(2,3)4)11-9-7-6-8-10-11/h2*5-10H,1-4H3/b12-5+;12-5-. The van der Waals surface area contributed by atoms with Gasteiger partial charge in [0.15, 0.2) is 0 Å². The summed E-state index contributed by atoms with van der Waals surface area (Å²) < 4.78 is 11.9. The SMILES string of the molecule is C/C=C(/O[Si](C)(C)C)c1ccccc1.C/C=C(\O[Si](C)(C)C)c1ccccc1. The van der Waals surface area contributed by atoms with Crippen LogP contribution in [0, 0.1) is 0 Å². The Kier molecular flexibility index (Phi) is 9.49. The average molecular weight is 413 g/mol. The maximum Gasteiger partial charge on any atom is 0.242 e. The van der Waals surface area contributed by atoms with E-state index in [1.54, 1.807) is 0 Å². The molecular weight excluding hydrogens is 376 g/mol. The molecule has 0 N–H and O–H groups in total. The molecule has 0 aliphatic heterocycles. The van der Waals surface area contributed by atoms with Gasteiger partial charge in [-0.05, 0) is 65.3 Å².